The average molecular weight is 229 g/mol. The third-order valence-corrected chi connectivity index (χ3v) is 2.37. The fraction of sp³-hybridized carbons (Fsp3) is 1.00. The van der Waals surface area contributed by atoms with Gasteiger partial charge in [-0.3, -0.25) is 5.32 Å². The second-order valence-electron chi connectivity index (χ2n) is 1.87. The van der Waals surface area contributed by atoms with Crippen LogP contribution in [0, 0.1) is 5.92 Å². The van der Waals surface area contributed by atoms with E-state index in [1.807, 2.05) is 0 Å². The molecule has 0 bridgehead atoms. The summed E-state index contributed by atoms with van der Waals surface area (Å²) in [7, 11) is 0. The monoisotopic (exact) mass is 229 g/mol. The van der Waals surface area contributed by atoms with Crippen LogP contribution in [0.3, 0.4) is 0 Å². The van der Waals surface area contributed by atoms with Crippen molar-refractivity contribution in [2.75, 3.05) is 17.7 Å². The third kappa shape index (κ3) is 4.80. The summed E-state index contributed by atoms with van der Waals surface area (Å²) >= 11 is 2.33. The van der Waals surface area contributed by atoms with Gasteiger partial charge >= 0.3 is 0 Å². The predicted molar refractivity (Wildman–Crippen MR) is 43.1 cm³/mol. The molecule has 0 fully saturated rings. The van der Waals surface area contributed by atoms with Crippen LogP contribution in [0.2, 0.25) is 0 Å². The number of hydrogen-bond donors (Lipinski definition) is 2. The maximum absolute atomic E-state index is 8.30. The van der Waals surface area contributed by atoms with E-state index in [-0.39, 0.29) is 6.73 Å². The Morgan fingerprint density at radius 1 is 1.75 bits per heavy atom. The molecule has 2 nitrogen and oxygen atoms in total. The number of nitrogens with one attached hydrogen (secondary N) is 1. The molecule has 0 rings (SSSR count). The van der Waals surface area contributed by atoms with Gasteiger partial charge in [-0.05, 0) is 5.92 Å². The summed E-state index contributed by atoms with van der Waals surface area (Å²) in [6.07, 6.45) is 0. The topological polar surface area (TPSA) is 32.3 Å². The fourth-order valence-corrected chi connectivity index (χ4v) is 0.677. The van der Waals surface area contributed by atoms with Gasteiger partial charge in [-0.25, -0.2) is 0 Å². The highest BCUT2D eigenvalue weighted by atomic mass is 127. The average Bonchev–Trinajstić information content (AvgIpc) is 1.83. The van der Waals surface area contributed by atoms with Crippen LogP contribution in [-0.2, 0) is 0 Å². The van der Waals surface area contributed by atoms with Crippen molar-refractivity contribution in [1.82, 2.24) is 5.32 Å². The molecule has 0 aliphatic carbocycles. The van der Waals surface area contributed by atoms with Crippen LogP contribution >= 0.6 is 22.6 Å². The van der Waals surface area contributed by atoms with E-state index in [0.29, 0.717) is 5.92 Å². The number of rotatable bonds is 4. The largest absolute Gasteiger partial charge is 0.381 e. The molecule has 0 saturated heterocycles. The summed E-state index contributed by atoms with van der Waals surface area (Å²) in [6, 6.07) is 0. The minimum absolute atomic E-state index is 0.0982. The van der Waals surface area contributed by atoms with Crippen LogP contribution in [-0.4, -0.2) is 22.8 Å². The van der Waals surface area contributed by atoms with Crippen molar-refractivity contribution >= 4 is 22.6 Å². The van der Waals surface area contributed by atoms with Crippen LogP contribution < -0.4 is 5.32 Å². The first kappa shape index (κ1) is 8.65. The Balaban J connectivity index is 2.86. The van der Waals surface area contributed by atoms with Gasteiger partial charge in [0.15, 0.2) is 0 Å². The second kappa shape index (κ2) is 5.78. The van der Waals surface area contributed by atoms with Gasteiger partial charge in [-0.1, -0.05) is 29.5 Å². The van der Waals surface area contributed by atoms with Crippen LogP contribution in [0.5, 0.6) is 0 Å². The van der Waals surface area contributed by atoms with Crippen LogP contribution in [0.15, 0.2) is 0 Å². The van der Waals surface area contributed by atoms with Gasteiger partial charge in [0.25, 0.3) is 0 Å². The summed E-state index contributed by atoms with van der Waals surface area (Å²) in [4.78, 5) is 0. The van der Waals surface area contributed by atoms with Crippen molar-refractivity contribution in [2.24, 2.45) is 5.92 Å². The number of hydrogen-bond acceptors (Lipinski definition) is 2. The zero-order valence-electron chi connectivity index (χ0n) is 5.02. The number of halogens is 1. The van der Waals surface area contributed by atoms with Crippen molar-refractivity contribution in [3.63, 3.8) is 0 Å². The number of aliphatic hydroxyl groups excluding tert-OH is 1. The SMILES string of the molecule is CC(CI)CNCO. The van der Waals surface area contributed by atoms with Gasteiger partial charge in [0.1, 0.15) is 0 Å². The molecule has 3 heteroatoms. The lowest BCUT2D eigenvalue weighted by atomic mass is 10.2. The Bertz CT molecular complexity index is 51.7. The van der Waals surface area contributed by atoms with Crippen molar-refractivity contribution in [1.29, 1.82) is 0 Å². The molecule has 0 aliphatic rings. The van der Waals surface area contributed by atoms with Gasteiger partial charge < -0.3 is 5.11 Å². The Labute approximate surface area is 63.8 Å². The molecule has 1 unspecified atom stereocenters. The Morgan fingerprint density at radius 2 is 2.38 bits per heavy atom. The summed E-state index contributed by atoms with van der Waals surface area (Å²) < 4.78 is 1.14. The van der Waals surface area contributed by atoms with Gasteiger partial charge in [-0.2, -0.15) is 0 Å². The smallest absolute Gasteiger partial charge is 0.0931 e. The first-order valence-electron chi connectivity index (χ1n) is 2.68. The lowest BCUT2D eigenvalue weighted by Gasteiger charge is -2.05. The molecule has 0 radical (unpaired) electrons. The van der Waals surface area contributed by atoms with E-state index < -0.39 is 0 Å². The highest BCUT2D eigenvalue weighted by Crippen LogP contribution is 1.96. The summed E-state index contributed by atoms with van der Waals surface area (Å²) in [5.41, 5.74) is 0. The lowest BCUT2D eigenvalue weighted by Crippen LogP contribution is -2.22. The van der Waals surface area contributed by atoms with Gasteiger partial charge in [0, 0.05) is 11.0 Å². The van der Waals surface area contributed by atoms with E-state index >= 15 is 0 Å². The van der Waals surface area contributed by atoms with E-state index in [2.05, 4.69) is 34.8 Å². The molecule has 0 aromatic rings. The normalized spacial score (nSPS) is 13.9. The van der Waals surface area contributed by atoms with Crippen LogP contribution in [0.25, 0.3) is 0 Å². The van der Waals surface area contributed by atoms with E-state index in [1.54, 1.807) is 0 Å². The van der Waals surface area contributed by atoms with E-state index in [4.69, 9.17) is 5.11 Å². The fourth-order valence-electron chi connectivity index (χ4n) is 0.366. The first-order valence-corrected chi connectivity index (χ1v) is 4.21. The molecule has 0 aromatic heterocycles. The lowest BCUT2D eigenvalue weighted by molar-refractivity contribution is 0.255. The maximum atomic E-state index is 8.30. The molecule has 0 aromatic carbocycles. The quantitative estimate of drug-likeness (QED) is 0.420. The molecule has 0 aliphatic heterocycles. The zero-order valence-corrected chi connectivity index (χ0v) is 7.18. The molecular formula is C5H12INO. The highest BCUT2D eigenvalue weighted by molar-refractivity contribution is 14.1. The Morgan fingerprint density at radius 3 is 2.75 bits per heavy atom. The van der Waals surface area contributed by atoms with Gasteiger partial charge in [0.2, 0.25) is 0 Å². The van der Waals surface area contributed by atoms with E-state index in [1.165, 1.54) is 0 Å². The third-order valence-electron chi connectivity index (χ3n) is 0.868. The predicted octanol–water partition coefficient (Wildman–Crippen LogP) is 0.597. The Hall–Kier alpha value is 0.650. The molecule has 0 heterocycles. The second-order valence-corrected chi connectivity index (χ2v) is 2.75. The van der Waals surface area contributed by atoms with Crippen molar-refractivity contribution in [2.45, 2.75) is 6.92 Å². The summed E-state index contributed by atoms with van der Waals surface area (Å²) in [5.74, 6) is 0.669. The maximum Gasteiger partial charge on any atom is 0.0931 e. The highest BCUT2D eigenvalue weighted by Gasteiger charge is 1.95. The van der Waals surface area contributed by atoms with Gasteiger partial charge in [0.05, 0.1) is 6.73 Å². The molecule has 0 spiro atoms. The van der Waals surface area contributed by atoms with Crippen molar-refractivity contribution < 1.29 is 5.11 Å². The minimum Gasteiger partial charge on any atom is -0.381 e. The van der Waals surface area contributed by atoms with E-state index in [0.717, 1.165) is 11.0 Å². The molecule has 1 atom stereocenters. The zero-order chi connectivity index (χ0) is 6.41. The molecule has 50 valence electrons. The van der Waals surface area contributed by atoms with E-state index in [9.17, 15) is 0 Å². The standard InChI is InChI=1S/C5H12INO/c1-5(2-6)3-7-4-8/h5,7-8H,2-4H2,1H3. The number of aliphatic hydroxyl groups is 1. The molecule has 0 amide bonds. The van der Waals surface area contributed by atoms with Crippen LogP contribution in [0.4, 0.5) is 0 Å². The Kier molecular flexibility index (Phi) is 6.25. The minimum atomic E-state index is 0.0982. The van der Waals surface area contributed by atoms with Crippen molar-refractivity contribution in [3.8, 4) is 0 Å². The molecule has 8 heavy (non-hydrogen) atoms. The van der Waals surface area contributed by atoms with Crippen LogP contribution in [0.1, 0.15) is 6.92 Å². The molecule has 2 N–H and O–H groups in total. The summed E-state index contributed by atoms with van der Waals surface area (Å²) in [6.45, 7) is 3.16. The first-order chi connectivity index (χ1) is 3.81. The van der Waals surface area contributed by atoms with Gasteiger partial charge in [-0.15, -0.1) is 0 Å². The van der Waals surface area contributed by atoms with Crippen molar-refractivity contribution in [3.05, 3.63) is 0 Å². The summed E-state index contributed by atoms with van der Waals surface area (Å²) in [5, 5.41) is 11.1. The number of alkyl halides is 1. The molecular weight excluding hydrogens is 217 g/mol. The molecule has 0 saturated carbocycles.